The highest BCUT2D eigenvalue weighted by Gasteiger charge is 2.24. The smallest absolute Gasteiger partial charge is 0.307 e. The Hall–Kier alpha value is -2.96. The number of hydrogen-bond donors (Lipinski definition) is 0. The number of halogens is 1. The molecule has 3 aromatic rings. The van der Waals surface area contributed by atoms with Crippen LogP contribution in [0.2, 0.25) is 5.02 Å². The molecule has 4 rings (SSSR count). The minimum atomic E-state index is -0.150. The van der Waals surface area contributed by atoms with Crippen molar-refractivity contribution in [3.8, 4) is 17.1 Å². The molecule has 1 aromatic heterocycles. The molecular weight excluding hydrogens is 438 g/mol. The van der Waals surface area contributed by atoms with Crippen LogP contribution in [0.15, 0.2) is 54.7 Å². The number of hydrogen-bond acceptors (Lipinski definition) is 6. The van der Waals surface area contributed by atoms with Gasteiger partial charge in [-0.3, -0.25) is 9.69 Å². The number of nitrogens with zero attached hydrogens (tertiary/aromatic N) is 3. The molecule has 1 atom stereocenters. The molecule has 0 fully saturated rings. The fourth-order valence-electron chi connectivity index (χ4n) is 3.89. The number of fused-ring (bicyclic) bond motifs is 1. The van der Waals surface area contributed by atoms with E-state index in [-0.39, 0.29) is 12.0 Å². The van der Waals surface area contributed by atoms with Gasteiger partial charge in [-0.2, -0.15) is 0 Å². The Morgan fingerprint density at radius 1 is 1.15 bits per heavy atom. The number of aromatic nitrogens is 2. The van der Waals surface area contributed by atoms with Crippen molar-refractivity contribution in [2.45, 2.75) is 45.9 Å². The molecular formula is C26H28ClN3O3. The topological polar surface area (TPSA) is 64.5 Å². The van der Waals surface area contributed by atoms with Gasteiger partial charge in [0.05, 0.1) is 18.7 Å². The van der Waals surface area contributed by atoms with Gasteiger partial charge in [0.15, 0.2) is 5.82 Å². The first kappa shape index (κ1) is 23.2. The number of esters is 1. The van der Waals surface area contributed by atoms with Crippen molar-refractivity contribution in [1.82, 2.24) is 14.9 Å². The Morgan fingerprint density at radius 3 is 2.64 bits per heavy atom. The van der Waals surface area contributed by atoms with E-state index in [0.717, 1.165) is 47.6 Å². The number of rotatable bonds is 8. The number of benzene rings is 2. The summed E-state index contributed by atoms with van der Waals surface area (Å²) in [5, 5.41) is 0.715. The van der Waals surface area contributed by atoms with Gasteiger partial charge in [-0.15, -0.1) is 0 Å². The summed E-state index contributed by atoms with van der Waals surface area (Å²) in [7, 11) is 0. The van der Waals surface area contributed by atoms with Crippen molar-refractivity contribution in [1.29, 1.82) is 0 Å². The van der Waals surface area contributed by atoms with E-state index in [0.29, 0.717) is 30.5 Å². The van der Waals surface area contributed by atoms with E-state index in [2.05, 4.69) is 16.8 Å². The van der Waals surface area contributed by atoms with Gasteiger partial charge in [-0.1, -0.05) is 23.7 Å². The molecule has 0 amide bonds. The zero-order valence-corrected chi connectivity index (χ0v) is 19.7. The summed E-state index contributed by atoms with van der Waals surface area (Å²) in [6, 6.07) is 15.6. The maximum absolute atomic E-state index is 11.8. The second kappa shape index (κ2) is 10.8. The van der Waals surface area contributed by atoms with Gasteiger partial charge in [0.25, 0.3) is 0 Å². The van der Waals surface area contributed by atoms with E-state index < -0.39 is 0 Å². The highest BCUT2D eigenvalue weighted by Crippen LogP contribution is 2.25. The monoisotopic (exact) mass is 465 g/mol. The van der Waals surface area contributed by atoms with Crippen molar-refractivity contribution < 1.29 is 14.3 Å². The fourth-order valence-corrected chi connectivity index (χ4v) is 4.02. The van der Waals surface area contributed by atoms with E-state index >= 15 is 0 Å². The van der Waals surface area contributed by atoms with E-state index in [1.165, 1.54) is 0 Å². The summed E-state index contributed by atoms with van der Waals surface area (Å²) in [6.07, 6.45) is 3.14. The number of carbonyl (C=O) groups is 1. The van der Waals surface area contributed by atoms with Crippen LogP contribution in [-0.4, -0.2) is 40.0 Å². The van der Waals surface area contributed by atoms with Crippen LogP contribution in [0.25, 0.3) is 11.4 Å². The molecule has 0 spiro atoms. The van der Waals surface area contributed by atoms with E-state index in [1.807, 2.05) is 61.7 Å². The molecule has 0 saturated carbocycles. The number of carbonyl (C=O) groups excluding carboxylic acids is 1. The summed E-state index contributed by atoms with van der Waals surface area (Å²) in [5.41, 5.74) is 4.20. The van der Waals surface area contributed by atoms with Crippen molar-refractivity contribution in [2.75, 3.05) is 13.2 Å². The summed E-state index contributed by atoms with van der Waals surface area (Å²) in [6.45, 7) is 6.40. The first-order valence-corrected chi connectivity index (χ1v) is 11.6. The molecule has 0 bridgehead atoms. The van der Waals surface area contributed by atoms with E-state index in [4.69, 9.17) is 26.1 Å². The lowest BCUT2D eigenvalue weighted by Gasteiger charge is -2.32. The minimum absolute atomic E-state index is 0.122. The van der Waals surface area contributed by atoms with Gasteiger partial charge in [0.1, 0.15) is 12.4 Å². The highest BCUT2D eigenvalue weighted by atomic mass is 35.5. The molecule has 1 unspecified atom stereocenters. The van der Waals surface area contributed by atoms with Crippen LogP contribution in [0.5, 0.6) is 5.75 Å². The van der Waals surface area contributed by atoms with E-state index in [1.54, 1.807) is 0 Å². The molecule has 6 nitrogen and oxygen atoms in total. The van der Waals surface area contributed by atoms with Gasteiger partial charge < -0.3 is 9.47 Å². The summed E-state index contributed by atoms with van der Waals surface area (Å²) in [4.78, 5) is 23.5. The van der Waals surface area contributed by atoms with Crippen molar-refractivity contribution >= 4 is 17.6 Å². The lowest BCUT2D eigenvalue weighted by molar-refractivity contribution is -0.144. The van der Waals surface area contributed by atoms with Crippen molar-refractivity contribution in [3.05, 3.63) is 76.6 Å². The van der Waals surface area contributed by atoms with Gasteiger partial charge in [-0.25, -0.2) is 9.97 Å². The summed E-state index contributed by atoms with van der Waals surface area (Å²) < 4.78 is 11.0. The maximum Gasteiger partial charge on any atom is 0.307 e. The van der Waals surface area contributed by atoms with Crippen LogP contribution >= 0.6 is 11.6 Å². The minimum Gasteiger partial charge on any atom is -0.489 e. The van der Waals surface area contributed by atoms with Gasteiger partial charge in [-0.05, 0) is 55.8 Å². The third-order valence-electron chi connectivity index (χ3n) is 5.79. The standard InChI is InChI=1S/C26H28ClN3O3/c1-3-32-25(31)14-18(2)30-13-12-24-21(16-30)15-28-26(29-24)20-6-10-23(11-7-20)33-17-19-4-8-22(27)9-5-19/h4-11,15,18H,3,12-14,16-17H2,1-2H3. The molecule has 0 aliphatic carbocycles. The first-order valence-electron chi connectivity index (χ1n) is 11.2. The van der Waals surface area contributed by atoms with Crippen LogP contribution in [0.3, 0.4) is 0 Å². The fraction of sp³-hybridized carbons (Fsp3) is 0.346. The Kier molecular flexibility index (Phi) is 7.57. The molecule has 33 heavy (non-hydrogen) atoms. The number of ether oxygens (including phenoxy) is 2. The van der Waals surface area contributed by atoms with Gasteiger partial charge in [0, 0.05) is 47.9 Å². The van der Waals surface area contributed by atoms with Gasteiger partial charge in [0.2, 0.25) is 0 Å². The average Bonchev–Trinajstić information content (AvgIpc) is 2.83. The van der Waals surface area contributed by atoms with Crippen molar-refractivity contribution in [2.24, 2.45) is 0 Å². The maximum atomic E-state index is 11.8. The molecule has 1 aliphatic rings. The molecule has 2 aromatic carbocycles. The zero-order valence-electron chi connectivity index (χ0n) is 19.0. The molecule has 1 aliphatic heterocycles. The third kappa shape index (κ3) is 6.09. The Bertz CT molecular complexity index is 1090. The Balaban J connectivity index is 1.37. The quantitative estimate of drug-likeness (QED) is 0.432. The SMILES string of the molecule is CCOC(=O)CC(C)N1CCc2nc(-c3ccc(OCc4ccc(Cl)cc4)cc3)ncc2C1. The van der Waals surface area contributed by atoms with Crippen LogP contribution in [-0.2, 0) is 29.1 Å². The Morgan fingerprint density at radius 2 is 1.91 bits per heavy atom. The molecule has 7 heteroatoms. The van der Waals surface area contributed by atoms with Crippen LogP contribution in [0, 0.1) is 0 Å². The van der Waals surface area contributed by atoms with Crippen LogP contribution < -0.4 is 4.74 Å². The van der Waals surface area contributed by atoms with Gasteiger partial charge >= 0.3 is 5.97 Å². The van der Waals surface area contributed by atoms with Crippen molar-refractivity contribution in [3.63, 3.8) is 0 Å². The highest BCUT2D eigenvalue weighted by molar-refractivity contribution is 6.30. The predicted molar refractivity (Wildman–Crippen MR) is 128 cm³/mol. The summed E-state index contributed by atoms with van der Waals surface area (Å²) in [5.74, 6) is 1.35. The van der Waals surface area contributed by atoms with Crippen LogP contribution in [0.4, 0.5) is 0 Å². The third-order valence-corrected chi connectivity index (χ3v) is 6.04. The Labute approximate surface area is 199 Å². The molecule has 0 N–H and O–H groups in total. The second-order valence-electron chi connectivity index (χ2n) is 8.18. The molecule has 2 heterocycles. The average molecular weight is 466 g/mol. The lowest BCUT2D eigenvalue weighted by Crippen LogP contribution is -2.39. The molecule has 172 valence electrons. The normalized spacial score (nSPS) is 14.4. The second-order valence-corrected chi connectivity index (χ2v) is 8.62. The predicted octanol–water partition coefficient (Wildman–Crippen LogP) is 5.08. The largest absolute Gasteiger partial charge is 0.489 e. The van der Waals surface area contributed by atoms with Crippen LogP contribution in [0.1, 0.15) is 37.1 Å². The molecule has 0 saturated heterocycles. The zero-order chi connectivity index (χ0) is 23.2. The summed E-state index contributed by atoms with van der Waals surface area (Å²) >= 11 is 5.93. The molecule has 0 radical (unpaired) electrons. The lowest BCUT2D eigenvalue weighted by atomic mass is 10.0. The van der Waals surface area contributed by atoms with E-state index in [9.17, 15) is 4.79 Å². The first-order chi connectivity index (χ1) is 16.0.